The largest absolute Gasteiger partial charge is 0.346 e. The Morgan fingerprint density at radius 2 is 2.07 bits per heavy atom. The van der Waals surface area contributed by atoms with Crippen molar-refractivity contribution < 1.29 is 13.9 Å². The Bertz CT molecular complexity index is 367. The van der Waals surface area contributed by atoms with Gasteiger partial charge in [-0.25, -0.2) is 4.39 Å². The lowest BCUT2D eigenvalue weighted by Crippen LogP contribution is -2.02. The molecule has 0 aromatic heterocycles. The van der Waals surface area contributed by atoms with Crippen molar-refractivity contribution in [3.8, 4) is 0 Å². The minimum atomic E-state index is -0.562. The van der Waals surface area contributed by atoms with E-state index in [9.17, 15) is 4.39 Å². The molecule has 2 nitrogen and oxygen atoms in total. The number of ether oxygens (including phenoxy) is 2. The zero-order valence-corrected chi connectivity index (χ0v) is 10.5. The van der Waals surface area contributed by atoms with Gasteiger partial charge in [0.1, 0.15) is 5.82 Å². The summed E-state index contributed by atoms with van der Waals surface area (Å²) >= 11 is 4.71. The predicted octanol–water partition coefficient (Wildman–Crippen LogP) is 3.36. The molecule has 0 radical (unpaired) electrons. The quantitative estimate of drug-likeness (QED) is 0.779. The highest BCUT2D eigenvalue weighted by molar-refractivity contribution is 9.10. The molecule has 0 bridgehead atoms. The maximum atomic E-state index is 13.9. The van der Waals surface area contributed by atoms with Crippen molar-refractivity contribution in [1.82, 2.24) is 0 Å². The first-order valence-electron chi connectivity index (χ1n) is 4.48. The molecule has 0 N–H and O–H groups in total. The van der Waals surface area contributed by atoms with Gasteiger partial charge in [-0.1, -0.05) is 15.9 Å². The normalized spacial score (nSPS) is 17.3. The molecular weight excluding hydrogens is 283 g/mol. The molecule has 0 saturated carbocycles. The summed E-state index contributed by atoms with van der Waals surface area (Å²) in [6.45, 7) is 1.04. The second kappa shape index (κ2) is 4.82. The van der Waals surface area contributed by atoms with Crippen LogP contribution in [0, 0.1) is 5.82 Å². The summed E-state index contributed by atoms with van der Waals surface area (Å²) in [7, 11) is 0. The molecule has 0 atom stereocenters. The molecule has 1 heterocycles. The van der Waals surface area contributed by atoms with E-state index in [-0.39, 0.29) is 5.82 Å². The van der Waals surface area contributed by atoms with E-state index in [2.05, 4.69) is 15.9 Å². The molecule has 0 spiro atoms. The number of benzene rings is 1. The molecule has 1 aromatic carbocycles. The van der Waals surface area contributed by atoms with Crippen LogP contribution in [0.25, 0.3) is 0 Å². The Morgan fingerprint density at radius 3 is 2.67 bits per heavy atom. The smallest absolute Gasteiger partial charge is 0.186 e. The van der Waals surface area contributed by atoms with Gasteiger partial charge in [-0.2, -0.15) is 0 Å². The summed E-state index contributed by atoms with van der Waals surface area (Å²) in [6.07, 6.45) is 1.28. The summed E-state index contributed by atoms with van der Waals surface area (Å²) in [5.41, 5.74) is 0.464. The first-order valence-corrected chi connectivity index (χ1v) is 6.50. The fourth-order valence-electron chi connectivity index (χ4n) is 1.44. The SMILES string of the molecule is CSc1cc(Br)cc(C2OCCO2)c1F. The molecule has 1 aliphatic rings. The minimum absolute atomic E-state index is 0.252. The van der Waals surface area contributed by atoms with E-state index >= 15 is 0 Å². The Labute approximate surface area is 100 Å². The van der Waals surface area contributed by atoms with Crippen LogP contribution in [-0.4, -0.2) is 19.5 Å². The average Bonchev–Trinajstić information content (AvgIpc) is 2.74. The number of thioether (sulfide) groups is 1. The monoisotopic (exact) mass is 292 g/mol. The number of halogens is 2. The van der Waals surface area contributed by atoms with E-state index in [1.54, 1.807) is 12.1 Å². The van der Waals surface area contributed by atoms with Crippen LogP contribution in [0.1, 0.15) is 11.9 Å². The standard InChI is InChI=1S/C10H10BrFO2S/c1-15-8-5-6(11)4-7(9(8)12)10-13-2-3-14-10/h4-5,10H,2-3H2,1H3. The zero-order valence-electron chi connectivity index (χ0n) is 8.13. The fourth-order valence-corrected chi connectivity index (χ4v) is 2.61. The van der Waals surface area contributed by atoms with Gasteiger partial charge in [0.2, 0.25) is 0 Å². The molecular formula is C10H10BrFO2S. The van der Waals surface area contributed by atoms with Crippen LogP contribution < -0.4 is 0 Å². The maximum absolute atomic E-state index is 13.9. The highest BCUT2D eigenvalue weighted by Crippen LogP contribution is 2.33. The summed E-state index contributed by atoms with van der Waals surface area (Å²) in [4.78, 5) is 0.596. The average molecular weight is 293 g/mol. The minimum Gasteiger partial charge on any atom is -0.346 e. The molecule has 1 saturated heterocycles. The van der Waals surface area contributed by atoms with Gasteiger partial charge in [-0.15, -0.1) is 11.8 Å². The van der Waals surface area contributed by atoms with Crippen molar-refractivity contribution in [3.63, 3.8) is 0 Å². The van der Waals surface area contributed by atoms with Crippen LogP contribution in [0.4, 0.5) is 4.39 Å². The van der Waals surface area contributed by atoms with Gasteiger partial charge in [0.15, 0.2) is 6.29 Å². The second-order valence-corrected chi connectivity index (χ2v) is 4.85. The van der Waals surface area contributed by atoms with E-state index in [4.69, 9.17) is 9.47 Å². The van der Waals surface area contributed by atoms with E-state index in [1.807, 2.05) is 6.26 Å². The lowest BCUT2D eigenvalue weighted by molar-refractivity contribution is -0.0468. The predicted molar refractivity (Wildman–Crippen MR) is 60.5 cm³/mol. The fraction of sp³-hybridized carbons (Fsp3) is 0.400. The lowest BCUT2D eigenvalue weighted by Gasteiger charge is -2.13. The Morgan fingerprint density at radius 1 is 1.40 bits per heavy atom. The van der Waals surface area contributed by atoms with Crippen LogP contribution in [0.3, 0.4) is 0 Å². The number of hydrogen-bond donors (Lipinski definition) is 0. The first-order chi connectivity index (χ1) is 7.22. The molecule has 5 heteroatoms. The molecule has 0 amide bonds. The lowest BCUT2D eigenvalue weighted by atomic mass is 10.2. The van der Waals surface area contributed by atoms with Gasteiger partial charge in [0.25, 0.3) is 0 Å². The molecule has 1 aromatic rings. The number of rotatable bonds is 2. The molecule has 15 heavy (non-hydrogen) atoms. The summed E-state index contributed by atoms with van der Waals surface area (Å²) in [5.74, 6) is -0.252. The van der Waals surface area contributed by atoms with Gasteiger partial charge >= 0.3 is 0 Å². The Hall–Kier alpha value is -0.100. The van der Waals surface area contributed by atoms with E-state index in [1.165, 1.54) is 11.8 Å². The first kappa shape index (κ1) is 11.4. The van der Waals surface area contributed by atoms with Crippen molar-refractivity contribution in [3.05, 3.63) is 28.0 Å². The zero-order chi connectivity index (χ0) is 10.8. The molecule has 82 valence electrons. The maximum Gasteiger partial charge on any atom is 0.186 e. The third-order valence-electron chi connectivity index (χ3n) is 2.13. The van der Waals surface area contributed by atoms with Crippen molar-refractivity contribution in [2.24, 2.45) is 0 Å². The van der Waals surface area contributed by atoms with E-state index in [0.29, 0.717) is 23.7 Å². The van der Waals surface area contributed by atoms with Gasteiger partial charge in [-0.05, 0) is 18.4 Å². The second-order valence-electron chi connectivity index (χ2n) is 3.08. The van der Waals surface area contributed by atoms with Crippen molar-refractivity contribution in [2.45, 2.75) is 11.2 Å². The molecule has 0 unspecified atom stereocenters. The van der Waals surface area contributed by atoms with Gasteiger partial charge in [0, 0.05) is 14.9 Å². The van der Waals surface area contributed by atoms with Crippen LogP contribution in [0.15, 0.2) is 21.5 Å². The number of hydrogen-bond acceptors (Lipinski definition) is 3. The Kier molecular flexibility index (Phi) is 3.66. The van der Waals surface area contributed by atoms with Crippen LogP contribution in [-0.2, 0) is 9.47 Å². The van der Waals surface area contributed by atoms with Crippen molar-refractivity contribution in [1.29, 1.82) is 0 Å². The van der Waals surface area contributed by atoms with Crippen LogP contribution >= 0.6 is 27.7 Å². The van der Waals surface area contributed by atoms with Crippen LogP contribution in [0.2, 0.25) is 0 Å². The summed E-state index contributed by atoms with van der Waals surface area (Å²) in [6, 6.07) is 3.45. The van der Waals surface area contributed by atoms with Crippen molar-refractivity contribution >= 4 is 27.7 Å². The third kappa shape index (κ3) is 2.36. The van der Waals surface area contributed by atoms with E-state index in [0.717, 1.165) is 4.47 Å². The van der Waals surface area contributed by atoms with Gasteiger partial charge in [0.05, 0.1) is 13.2 Å². The van der Waals surface area contributed by atoms with Crippen molar-refractivity contribution in [2.75, 3.05) is 19.5 Å². The Balaban J connectivity index is 2.40. The third-order valence-corrected chi connectivity index (χ3v) is 3.32. The molecule has 2 rings (SSSR count). The summed E-state index contributed by atoms with van der Waals surface area (Å²) in [5, 5.41) is 0. The van der Waals surface area contributed by atoms with Gasteiger partial charge < -0.3 is 9.47 Å². The van der Waals surface area contributed by atoms with Gasteiger partial charge in [-0.3, -0.25) is 0 Å². The molecule has 1 fully saturated rings. The van der Waals surface area contributed by atoms with Crippen LogP contribution in [0.5, 0.6) is 0 Å². The topological polar surface area (TPSA) is 18.5 Å². The highest BCUT2D eigenvalue weighted by Gasteiger charge is 2.23. The molecule has 0 aliphatic carbocycles. The van der Waals surface area contributed by atoms with E-state index < -0.39 is 6.29 Å². The molecule has 1 aliphatic heterocycles. The summed E-state index contributed by atoms with van der Waals surface area (Å²) < 4.78 is 25.3. The highest BCUT2D eigenvalue weighted by atomic mass is 79.9.